The zero-order valence-electron chi connectivity index (χ0n) is 10.0. The Morgan fingerprint density at radius 3 is 2.42 bits per heavy atom. The van der Waals surface area contributed by atoms with Gasteiger partial charge < -0.3 is 5.11 Å². The minimum absolute atomic E-state index is 0.102. The van der Waals surface area contributed by atoms with Gasteiger partial charge in [0.2, 0.25) is 11.8 Å². The van der Waals surface area contributed by atoms with Gasteiger partial charge in [0, 0.05) is 5.03 Å². The molecule has 1 N–H and O–H groups in total. The van der Waals surface area contributed by atoms with Gasteiger partial charge in [0.1, 0.15) is 5.75 Å². The largest absolute Gasteiger partial charge is 0.508 e. The third-order valence-corrected chi connectivity index (χ3v) is 3.99. The number of phenolic OH excluding ortho intramolecular Hbond substituents is 1. The van der Waals surface area contributed by atoms with Crippen molar-refractivity contribution in [3.05, 3.63) is 35.4 Å². The van der Waals surface area contributed by atoms with Gasteiger partial charge in [0.15, 0.2) is 0 Å². The highest BCUT2D eigenvalue weighted by Gasteiger charge is 2.48. The summed E-state index contributed by atoms with van der Waals surface area (Å²) in [6.07, 6.45) is 2.77. The number of nitrogens with zero attached hydrogens (tertiary/aromatic N) is 1. The lowest BCUT2D eigenvalue weighted by atomic mass is 9.85. The van der Waals surface area contributed by atoms with Crippen LogP contribution in [0.25, 0.3) is 0 Å². The summed E-state index contributed by atoms with van der Waals surface area (Å²) in [6.45, 7) is 0. The fourth-order valence-corrected chi connectivity index (χ4v) is 2.94. The van der Waals surface area contributed by atoms with Gasteiger partial charge in [-0.25, -0.2) is 0 Å². The van der Waals surface area contributed by atoms with Crippen LogP contribution in [0.15, 0.2) is 35.4 Å². The number of phenols is 1. The average molecular weight is 278 g/mol. The summed E-state index contributed by atoms with van der Waals surface area (Å²) in [5.41, 5.74) is 0.498. The first-order valence-electron chi connectivity index (χ1n) is 6.09. The number of aromatic hydroxyl groups is 1. The van der Waals surface area contributed by atoms with Gasteiger partial charge in [-0.15, -0.1) is 0 Å². The number of allylic oxidation sites excluding steroid dienone is 2. The molecule has 19 heavy (non-hydrogen) atoms. The Hall–Kier alpha value is -1.81. The van der Waals surface area contributed by atoms with E-state index >= 15 is 0 Å². The number of hydrogen-bond donors (Lipinski definition) is 1. The van der Waals surface area contributed by atoms with E-state index in [1.54, 1.807) is 12.1 Å². The molecule has 4 nitrogen and oxygen atoms in total. The average Bonchev–Trinajstić information content (AvgIpc) is 2.63. The Labute approximate surface area is 115 Å². The highest BCUT2D eigenvalue weighted by atomic mass is 35.5. The van der Waals surface area contributed by atoms with Crippen molar-refractivity contribution in [1.82, 2.24) is 0 Å². The molecule has 0 aromatic heterocycles. The van der Waals surface area contributed by atoms with E-state index in [1.807, 2.05) is 6.08 Å². The van der Waals surface area contributed by atoms with Gasteiger partial charge in [0.05, 0.1) is 17.5 Å². The van der Waals surface area contributed by atoms with Crippen molar-refractivity contribution < 1.29 is 14.7 Å². The second-order valence-electron chi connectivity index (χ2n) is 4.83. The molecule has 1 aromatic rings. The summed E-state index contributed by atoms with van der Waals surface area (Å²) in [4.78, 5) is 25.9. The molecule has 0 spiro atoms. The molecule has 1 fully saturated rings. The van der Waals surface area contributed by atoms with Crippen LogP contribution in [-0.4, -0.2) is 16.9 Å². The number of fused-ring (bicyclic) bond motifs is 1. The zero-order chi connectivity index (χ0) is 13.6. The van der Waals surface area contributed by atoms with Crippen LogP contribution in [-0.2, 0) is 9.59 Å². The van der Waals surface area contributed by atoms with Gasteiger partial charge in [-0.3, -0.25) is 14.5 Å². The van der Waals surface area contributed by atoms with Crippen LogP contribution in [0.4, 0.5) is 5.69 Å². The molecule has 1 aromatic carbocycles. The molecule has 2 atom stereocenters. The van der Waals surface area contributed by atoms with E-state index in [0.717, 1.165) is 0 Å². The SMILES string of the molecule is O=C1[C@H]2CC=C(Cl)C[C@@H]2C(=O)N1c1ccc(O)cc1. The first-order chi connectivity index (χ1) is 9.08. The van der Waals surface area contributed by atoms with Crippen LogP contribution in [0.2, 0.25) is 0 Å². The lowest BCUT2D eigenvalue weighted by Gasteiger charge is -2.17. The van der Waals surface area contributed by atoms with Crippen LogP contribution >= 0.6 is 11.6 Å². The summed E-state index contributed by atoms with van der Waals surface area (Å²) in [6, 6.07) is 6.06. The molecule has 2 amide bonds. The molecule has 98 valence electrons. The lowest BCUT2D eigenvalue weighted by molar-refractivity contribution is -0.122. The van der Waals surface area contributed by atoms with E-state index in [0.29, 0.717) is 23.6 Å². The molecule has 5 heteroatoms. The summed E-state index contributed by atoms with van der Waals surface area (Å²) in [7, 11) is 0. The lowest BCUT2D eigenvalue weighted by Crippen LogP contribution is -2.30. The van der Waals surface area contributed by atoms with Crippen molar-refractivity contribution in [2.24, 2.45) is 11.8 Å². The zero-order valence-corrected chi connectivity index (χ0v) is 10.8. The summed E-state index contributed by atoms with van der Waals surface area (Å²) < 4.78 is 0. The predicted octanol–water partition coefficient (Wildman–Crippen LogP) is 2.41. The van der Waals surface area contributed by atoms with Crippen LogP contribution in [0.1, 0.15) is 12.8 Å². The number of carbonyl (C=O) groups excluding carboxylic acids is 2. The van der Waals surface area contributed by atoms with Crippen molar-refractivity contribution in [3.8, 4) is 5.75 Å². The minimum atomic E-state index is -0.348. The Balaban J connectivity index is 1.95. The molecule has 0 saturated carbocycles. The number of anilines is 1. The topological polar surface area (TPSA) is 57.6 Å². The first-order valence-corrected chi connectivity index (χ1v) is 6.47. The van der Waals surface area contributed by atoms with Crippen molar-refractivity contribution >= 4 is 29.1 Å². The Morgan fingerprint density at radius 2 is 1.74 bits per heavy atom. The minimum Gasteiger partial charge on any atom is -0.508 e. The van der Waals surface area contributed by atoms with E-state index < -0.39 is 0 Å². The van der Waals surface area contributed by atoms with Crippen molar-refractivity contribution in [1.29, 1.82) is 0 Å². The maximum Gasteiger partial charge on any atom is 0.238 e. The third kappa shape index (κ3) is 1.92. The molecule has 2 aliphatic rings. The van der Waals surface area contributed by atoms with E-state index in [2.05, 4.69) is 0 Å². The maximum absolute atomic E-state index is 12.3. The van der Waals surface area contributed by atoms with Crippen LogP contribution in [0, 0.1) is 11.8 Å². The van der Waals surface area contributed by atoms with Gasteiger partial charge in [-0.2, -0.15) is 0 Å². The second-order valence-corrected chi connectivity index (χ2v) is 5.32. The van der Waals surface area contributed by atoms with Crippen LogP contribution < -0.4 is 4.90 Å². The fourth-order valence-electron chi connectivity index (χ4n) is 2.68. The Morgan fingerprint density at radius 1 is 1.11 bits per heavy atom. The molecule has 0 radical (unpaired) electrons. The molecule has 3 rings (SSSR count). The normalized spacial score (nSPS) is 26.4. The molecule has 0 bridgehead atoms. The highest BCUT2D eigenvalue weighted by molar-refractivity contribution is 6.30. The number of hydrogen-bond acceptors (Lipinski definition) is 3. The number of amides is 2. The van der Waals surface area contributed by atoms with E-state index in [4.69, 9.17) is 11.6 Å². The van der Waals surface area contributed by atoms with E-state index in [-0.39, 0.29) is 29.4 Å². The Bertz CT molecular complexity index is 579. The first kappa shape index (κ1) is 12.2. The van der Waals surface area contributed by atoms with Crippen molar-refractivity contribution in [2.45, 2.75) is 12.8 Å². The molecular formula is C14H12ClNO3. The standard InChI is InChI=1S/C14H12ClNO3/c15-8-1-6-11-12(7-8)14(19)16(13(11)18)9-2-4-10(17)5-3-9/h1-5,11-12,17H,6-7H2/t11-,12-/m0/s1. The monoisotopic (exact) mass is 277 g/mol. The summed E-state index contributed by atoms with van der Waals surface area (Å²) >= 11 is 5.96. The Kier molecular flexibility index (Phi) is 2.82. The summed E-state index contributed by atoms with van der Waals surface area (Å²) in [5, 5.41) is 9.91. The highest BCUT2D eigenvalue weighted by Crippen LogP contribution is 2.40. The number of benzene rings is 1. The molecule has 1 aliphatic heterocycles. The smallest absolute Gasteiger partial charge is 0.238 e. The van der Waals surface area contributed by atoms with Gasteiger partial charge >= 0.3 is 0 Å². The van der Waals surface area contributed by atoms with E-state index in [1.165, 1.54) is 17.0 Å². The molecule has 1 aliphatic carbocycles. The number of carbonyl (C=O) groups is 2. The van der Waals surface area contributed by atoms with E-state index in [9.17, 15) is 14.7 Å². The van der Waals surface area contributed by atoms with Crippen LogP contribution in [0.5, 0.6) is 5.75 Å². The van der Waals surface area contributed by atoms with Gasteiger partial charge in [0.25, 0.3) is 0 Å². The maximum atomic E-state index is 12.3. The number of halogens is 1. The van der Waals surface area contributed by atoms with Crippen molar-refractivity contribution in [2.75, 3.05) is 4.90 Å². The van der Waals surface area contributed by atoms with Gasteiger partial charge in [-0.1, -0.05) is 17.7 Å². The molecule has 1 saturated heterocycles. The van der Waals surface area contributed by atoms with Gasteiger partial charge in [-0.05, 0) is 37.1 Å². The second kappa shape index (κ2) is 4.38. The van der Waals surface area contributed by atoms with Crippen LogP contribution in [0.3, 0.4) is 0 Å². The fraction of sp³-hybridized carbons (Fsp3) is 0.286. The predicted molar refractivity (Wildman–Crippen MR) is 70.7 cm³/mol. The molecular weight excluding hydrogens is 266 g/mol. The molecule has 0 unspecified atom stereocenters. The summed E-state index contributed by atoms with van der Waals surface area (Å²) in [5.74, 6) is -0.930. The third-order valence-electron chi connectivity index (χ3n) is 3.68. The number of rotatable bonds is 1. The number of imide groups is 1. The quantitative estimate of drug-likeness (QED) is 0.802. The van der Waals surface area contributed by atoms with Crippen molar-refractivity contribution in [3.63, 3.8) is 0 Å². The molecule has 1 heterocycles.